The van der Waals surface area contributed by atoms with Crippen molar-refractivity contribution in [1.29, 1.82) is 0 Å². The number of carbonyl (C=O) groups excluding carboxylic acids is 1. The lowest BCUT2D eigenvalue weighted by molar-refractivity contribution is -0.145. The number of carbonyl (C=O) groups is 1. The largest absolute Gasteiger partial charge is 0.368 e. The number of amides is 1. The van der Waals surface area contributed by atoms with E-state index in [1.165, 1.54) is 16.7 Å². The van der Waals surface area contributed by atoms with Gasteiger partial charge in [-0.05, 0) is 43.2 Å². The van der Waals surface area contributed by atoms with Crippen LogP contribution in [0, 0.1) is 12.8 Å². The maximum atomic E-state index is 12.8. The van der Waals surface area contributed by atoms with Gasteiger partial charge in [0.2, 0.25) is 0 Å². The van der Waals surface area contributed by atoms with Crippen LogP contribution >= 0.6 is 0 Å². The molecule has 0 saturated carbocycles. The molecular formula is C18H25NO2. The molecule has 3 rings (SSSR count). The maximum Gasteiger partial charge on any atom is 0.252 e. The molecule has 0 aromatic heterocycles. The van der Waals surface area contributed by atoms with Gasteiger partial charge in [-0.2, -0.15) is 0 Å². The summed E-state index contributed by atoms with van der Waals surface area (Å²) in [6, 6.07) is 6.84. The van der Waals surface area contributed by atoms with Crippen molar-refractivity contribution in [1.82, 2.24) is 4.90 Å². The average Bonchev–Trinajstić information content (AvgIpc) is 2.99. The SMILES string of the molecule is Cc1ccc2c(c1)CCN(C(=O)C1CCCO1)C2C(C)C. The molecule has 0 N–H and O–H groups in total. The monoisotopic (exact) mass is 287 g/mol. The summed E-state index contributed by atoms with van der Waals surface area (Å²) in [5.74, 6) is 0.606. The van der Waals surface area contributed by atoms with Gasteiger partial charge in [0.15, 0.2) is 0 Å². The van der Waals surface area contributed by atoms with E-state index in [2.05, 4.69) is 43.9 Å². The van der Waals surface area contributed by atoms with E-state index < -0.39 is 0 Å². The van der Waals surface area contributed by atoms with Gasteiger partial charge in [0, 0.05) is 13.2 Å². The van der Waals surface area contributed by atoms with Crippen LogP contribution in [0.3, 0.4) is 0 Å². The molecule has 1 amide bonds. The molecule has 1 aromatic carbocycles. The zero-order valence-corrected chi connectivity index (χ0v) is 13.3. The van der Waals surface area contributed by atoms with Crippen LogP contribution < -0.4 is 0 Å². The third-order valence-corrected chi connectivity index (χ3v) is 4.69. The molecule has 0 bridgehead atoms. The van der Waals surface area contributed by atoms with Gasteiger partial charge in [0.05, 0.1) is 6.04 Å². The molecule has 1 saturated heterocycles. The van der Waals surface area contributed by atoms with E-state index in [1.807, 2.05) is 0 Å². The minimum absolute atomic E-state index is 0.186. The number of benzene rings is 1. The third-order valence-electron chi connectivity index (χ3n) is 4.69. The number of ether oxygens (including phenoxy) is 1. The Labute approximate surface area is 127 Å². The van der Waals surface area contributed by atoms with E-state index in [0.717, 1.165) is 32.4 Å². The second-order valence-corrected chi connectivity index (χ2v) is 6.67. The topological polar surface area (TPSA) is 29.5 Å². The summed E-state index contributed by atoms with van der Waals surface area (Å²) < 4.78 is 5.61. The maximum absolute atomic E-state index is 12.8. The Morgan fingerprint density at radius 2 is 2.19 bits per heavy atom. The summed E-state index contributed by atoms with van der Waals surface area (Å²) in [5.41, 5.74) is 4.04. The van der Waals surface area contributed by atoms with Crippen molar-refractivity contribution in [3.8, 4) is 0 Å². The normalized spacial score (nSPS) is 25.2. The van der Waals surface area contributed by atoms with Crippen molar-refractivity contribution >= 4 is 5.91 Å². The molecule has 2 aliphatic rings. The van der Waals surface area contributed by atoms with E-state index in [-0.39, 0.29) is 18.1 Å². The molecule has 2 heterocycles. The van der Waals surface area contributed by atoms with Crippen molar-refractivity contribution in [2.24, 2.45) is 5.92 Å². The third kappa shape index (κ3) is 2.71. The van der Waals surface area contributed by atoms with Crippen LogP contribution in [0.4, 0.5) is 0 Å². The van der Waals surface area contributed by atoms with Gasteiger partial charge < -0.3 is 9.64 Å². The first-order chi connectivity index (χ1) is 10.1. The molecule has 21 heavy (non-hydrogen) atoms. The Hall–Kier alpha value is -1.35. The summed E-state index contributed by atoms with van der Waals surface area (Å²) in [6.45, 7) is 8.09. The van der Waals surface area contributed by atoms with Gasteiger partial charge in [-0.3, -0.25) is 4.79 Å². The molecule has 0 spiro atoms. The molecule has 2 aliphatic heterocycles. The van der Waals surface area contributed by atoms with Crippen LogP contribution in [0.2, 0.25) is 0 Å². The smallest absolute Gasteiger partial charge is 0.252 e. The van der Waals surface area contributed by atoms with Crippen molar-refractivity contribution in [2.45, 2.75) is 52.2 Å². The van der Waals surface area contributed by atoms with Crippen LogP contribution in [0.25, 0.3) is 0 Å². The van der Waals surface area contributed by atoms with Crippen molar-refractivity contribution in [2.75, 3.05) is 13.2 Å². The van der Waals surface area contributed by atoms with Crippen LogP contribution in [-0.4, -0.2) is 30.1 Å². The highest BCUT2D eigenvalue weighted by Crippen LogP contribution is 2.36. The second-order valence-electron chi connectivity index (χ2n) is 6.67. The van der Waals surface area contributed by atoms with Crippen molar-refractivity contribution in [3.63, 3.8) is 0 Å². The summed E-state index contributed by atoms with van der Waals surface area (Å²) in [5, 5.41) is 0. The number of hydrogen-bond donors (Lipinski definition) is 0. The fourth-order valence-electron chi connectivity index (χ4n) is 3.71. The number of nitrogens with zero attached hydrogens (tertiary/aromatic N) is 1. The van der Waals surface area contributed by atoms with E-state index in [0.29, 0.717) is 5.92 Å². The Morgan fingerprint density at radius 1 is 1.38 bits per heavy atom. The van der Waals surface area contributed by atoms with Gasteiger partial charge in [-0.25, -0.2) is 0 Å². The van der Waals surface area contributed by atoms with Crippen molar-refractivity contribution < 1.29 is 9.53 Å². The molecule has 0 aliphatic carbocycles. The minimum atomic E-state index is -0.210. The predicted octanol–water partition coefficient (Wildman–Crippen LogP) is 3.26. The molecule has 2 atom stereocenters. The lowest BCUT2D eigenvalue weighted by atomic mass is 9.85. The van der Waals surface area contributed by atoms with Crippen LogP contribution in [0.15, 0.2) is 18.2 Å². The number of aryl methyl sites for hydroxylation is 1. The quantitative estimate of drug-likeness (QED) is 0.835. The Balaban J connectivity index is 1.91. The van der Waals surface area contributed by atoms with Gasteiger partial charge in [-0.15, -0.1) is 0 Å². The molecule has 1 aromatic rings. The molecule has 114 valence electrons. The van der Waals surface area contributed by atoms with Gasteiger partial charge in [-0.1, -0.05) is 37.6 Å². The summed E-state index contributed by atoms with van der Waals surface area (Å²) in [4.78, 5) is 14.9. The zero-order chi connectivity index (χ0) is 15.0. The highest BCUT2D eigenvalue weighted by atomic mass is 16.5. The molecular weight excluding hydrogens is 262 g/mol. The number of fused-ring (bicyclic) bond motifs is 1. The predicted molar refractivity (Wildman–Crippen MR) is 83.1 cm³/mol. The van der Waals surface area contributed by atoms with E-state index in [1.54, 1.807) is 0 Å². The van der Waals surface area contributed by atoms with E-state index in [9.17, 15) is 4.79 Å². The lowest BCUT2D eigenvalue weighted by Gasteiger charge is -2.41. The second kappa shape index (κ2) is 5.80. The summed E-state index contributed by atoms with van der Waals surface area (Å²) in [7, 11) is 0. The summed E-state index contributed by atoms with van der Waals surface area (Å²) >= 11 is 0. The van der Waals surface area contributed by atoms with Gasteiger partial charge in [0.25, 0.3) is 5.91 Å². The van der Waals surface area contributed by atoms with Crippen LogP contribution in [-0.2, 0) is 16.0 Å². The average molecular weight is 287 g/mol. The van der Waals surface area contributed by atoms with Gasteiger partial charge in [0.1, 0.15) is 6.10 Å². The van der Waals surface area contributed by atoms with E-state index >= 15 is 0 Å². The first-order valence-corrected chi connectivity index (χ1v) is 8.09. The fourth-order valence-corrected chi connectivity index (χ4v) is 3.71. The fraction of sp³-hybridized carbons (Fsp3) is 0.611. The van der Waals surface area contributed by atoms with Crippen LogP contribution in [0.1, 0.15) is 49.4 Å². The molecule has 3 heteroatoms. The zero-order valence-electron chi connectivity index (χ0n) is 13.3. The lowest BCUT2D eigenvalue weighted by Crippen LogP contribution is -2.46. The standard InChI is InChI=1S/C18H25NO2/c1-12(2)17-15-7-6-13(3)11-14(15)8-9-19(17)18(20)16-5-4-10-21-16/h6-7,11-12,16-17H,4-5,8-10H2,1-3H3. The Morgan fingerprint density at radius 3 is 2.86 bits per heavy atom. The molecule has 2 unspecified atom stereocenters. The van der Waals surface area contributed by atoms with Gasteiger partial charge >= 0.3 is 0 Å². The highest BCUT2D eigenvalue weighted by Gasteiger charge is 2.37. The summed E-state index contributed by atoms with van der Waals surface area (Å²) in [6.07, 6.45) is 2.63. The number of rotatable bonds is 2. The first kappa shape index (κ1) is 14.6. The molecule has 0 radical (unpaired) electrons. The first-order valence-electron chi connectivity index (χ1n) is 8.09. The van der Waals surface area contributed by atoms with Crippen LogP contribution in [0.5, 0.6) is 0 Å². The highest BCUT2D eigenvalue weighted by molar-refractivity contribution is 5.82. The van der Waals surface area contributed by atoms with E-state index in [4.69, 9.17) is 4.74 Å². The Bertz CT molecular complexity index is 532. The molecule has 1 fully saturated rings. The Kier molecular flexibility index (Phi) is 4.03. The number of hydrogen-bond acceptors (Lipinski definition) is 2. The minimum Gasteiger partial charge on any atom is -0.368 e. The van der Waals surface area contributed by atoms with Crippen molar-refractivity contribution in [3.05, 3.63) is 34.9 Å². The molecule has 3 nitrogen and oxygen atoms in total.